The Morgan fingerprint density at radius 2 is 2.00 bits per heavy atom. The average molecular weight is 160 g/mol. The SMILES string of the molecule is CC(O)C(O)C1(CO)CC1C. The summed E-state index contributed by atoms with van der Waals surface area (Å²) in [5.41, 5.74) is -0.409. The van der Waals surface area contributed by atoms with Crippen molar-refractivity contribution >= 4 is 0 Å². The molecule has 0 radical (unpaired) electrons. The van der Waals surface area contributed by atoms with Gasteiger partial charge >= 0.3 is 0 Å². The highest BCUT2D eigenvalue weighted by molar-refractivity contribution is 5.05. The van der Waals surface area contributed by atoms with Crippen LogP contribution in [0.1, 0.15) is 20.3 Å². The summed E-state index contributed by atoms with van der Waals surface area (Å²) >= 11 is 0. The van der Waals surface area contributed by atoms with E-state index in [2.05, 4.69) is 0 Å². The fourth-order valence-corrected chi connectivity index (χ4v) is 1.72. The molecule has 0 heterocycles. The molecule has 4 unspecified atom stereocenters. The van der Waals surface area contributed by atoms with Gasteiger partial charge in [-0.15, -0.1) is 0 Å². The fourth-order valence-electron chi connectivity index (χ4n) is 1.72. The van der Waals surface area contributed by atoms with E-state index in [0.29, 0.717) is 5.92 Å². The summed E-state index contributed by atoms with van der Waals surface area (Å²) in [6, 6.07) is 0. The highest BCUT2D eigenvalue weighted by Crippen LogP contribution is 2.55. The fraction of sp³-hybridized carbons (Fsp3) is 1.00. The van der Waals surface area contributed by atoms with Crippen molar-refractivity contribution in [1.82, 2.24) is 0 Å². The van der Waals surface area contributed by atoms with E-state index in [1.54, 1.807) is 6.92 Å². The number of hydrogen-bond donors (Lipinski definition) is 3. The predicted octanol–water partition coefficient (Wildman–Crippen LogP) is -0.253. The van der Waals surface area contributed by atoms with E-state index in [-0.39, 0.29) is 6.61 Å². The topological polar surface area (TPSA) is 60.7 Å². The molecule has 0 aromatic heterocycles. The normalized spacial score (nSPS) is 41.7. The van der Waals surface area contributed by atoms with Gasteiger partial charge in [-0.3, -0.25) is 0 Å². The molecule has 0 aliphatic heterocycles. The summed E-state index contributed by atoms with van der Waals surface area (Å²) in [5.74, 6) is 0.331. The van der Waals surface area contributed by atoms with Crippen molar-refractivity contribution in [2.45, 2.75) is 32.5 Å². The molecule has 1 rings (SSSR count). The molecule has 0 bridgehead atoms. The van der Waals surface area contributed by atoms with Crippen LogP contribution in [-0.2, 0) is 0 Å². The van der Waals surface area contributed by atoms with Gasteiger partial charge in [0.15, 0.2) is 0 Å². The molecule has 0 spiro atoms. The van der Waals surface area contributed by atoms with Gasteiger partial charge in [-0.05, 0) is 19.3 Å². The molecule has 0 aromatic carbocycles. The minimum absolute atomic E-state index is 0.0275. The molecule has 3 N–H and O–H groups in total. The summed E-state index contributed by atoms with van der Waals surface area (Å²) in [6.45, 7) is 3.50. The van der Waals surface area contributed by atoms with Crippen LogP contribution in [-0.4, -0.2) is 34.1 Å². The maximum atomic E-state index is 9.48. The van der Waals surface area contributed by atoms with Gasteiger partial charge in [0.2, 0.25) is 0 Å². The Hall–Kier alpha value is -0.120. The number of hydrogen-bond acceptors (Lipinski definition) is 3. The van der Waals surface area contributed by atoms with Gasteiger partial charge in [-0.25, -0.2) is 0 Å². The minimum Gasteiger partial charge on any atom is -0.396 e. The lowest BCUT2D eigenvalue weighted by Gasteiger charge is -2.23. The predicted molar refractivity (Wildman–Crippen MR) is 41.0 cm³/mol. The maximum absolute atomic E-state index is 9.48. The molecule has 1 aliphatic carbocycles. The molecule has 0 aromatic rings. The van der Waals surface area contributed by atoms with Crippen LogP contribution in [0, 0.1) is 11.3 Å². The van der Waals surface area contributed by atoms with E-state index in [1.165, 1.54) is 0 Å². The monoisotopic (exact) mass is 160 g/mol. The third-order valence-corrected chi connectivity index (χ3v) is 2.85. The zero-order chi connectivity index (χ0) is 8.65. The Kier molecular flexibility index (Phi) is 2.23. The van der Waals surface area contributed by atoms with Gasteiger partial charge in [-0.1, -0.05) is 6.92 Å². The van der Waals surface area contributed by atoms with Gasteiger partial charge in [0.1, 0.15) is 0 Å². The number of rotatable bonds is 3. The van der Waals surface area contributed by atoms with Crippen molar-refractivity contribution in [2.24, 2.45) is 11.3 Å². The molecule has 66 valence electrons. The third-order valence-electron chi connectivity index (χ3n) is 2.85. The summed E-state index contributed by atoms with van der Waals surface area (Å²) in [6.07, 6.45) is -0.704. The van der Waals surface area contributed by atoms with Gasteiger partial charge in [0.05, 0.1) is 18.8 Å². The Morgan fingerprint density at radius 3 is 2.09 bits per heavy atom. The Labute approximate surface area is 66.7 Å². The Balaban J connectivity index is 2.58. The first-order valence-corrected chi connectivity index (χ1v) is 4.01. The van der Waals surface area contributed by atoms with Gasteiger partial charge in [0, 0.05) is 5.41 Å². The molecule has 11 heavy (non-hydrogen) atoms. The third kappa shape index (κ3) is 1.28. The Bertz CT molecular complexity index is 142. The molecule has 0 saturated heterocycles. The molecule has 1 fully saturated rings. The van der Waals surface area contributed by atoms with Crippen LogP contribution < -0.4 is 0 Å². The van der Waals surface area contributed by atoms with Crippen molar-refractivity contribution in [2.75, 3.05) is 6.61 Å². The molecule has 0 amide bonds. The van der Waals surface area contributed by atoms with Crippen LogP contribution in [0.4, 0.5) is 0 Å². The molecular weight excluding hydrogens is 144 g/mol. The van der Waals surface area contributed by atoms with Crippen LogP contribution in [0.5, 0.6) is 0 Å². The quantitative estimate of drug-likeness (QED) is 0.533. The Morgan fingerprint density at radius 1 is 1.55 bits per heavy atom. The second-order valence-electron chi connectivity index (χ2n) is 3.68. The second-order valence-corrected chi connectivity index (χ2v) is 3.68. The van der Waals surface area contributed by atoms with Gasteiger partial charge in [-0.2, -0.15) is 0 Å². The smallest absolute Gasteiger partial charge is 0.0876 e. The van der Waals surface area contributed by atoms with Crippen molar-refractivity contribution in [3.05, 3.63) is 0 Å². The molecule has 4 atom stereocenters. The molecule has 1 saturated carbocycles. The highest BCUT2D eigenvalue weighted by atomic mass is 16.3. The summed E-state index contributed by atoms with van der Waals surface area (Å²) in [5, 5.41) is 27.5. The average Bonchev–Trinajstić information content (AvgIpc) is 2.61. The first-order valence-electron chi connectivity index (χ1n) is 4.01. The van der Waals surface area contributed by atoms with Crippen LogP contribution in [0.3, 0.4) is 0 Å². The van der Waals surface area contributed by atoms with Crippen LogP contribution in [0.2, 0.25) is 0 Å². The van der Waals surface area contributed by atoms with Crippen LogP contribution in [0.25, 0.3) is 0 Å². The van der Waals surface area contributed by atoms with E-state index in [4.69, 9.17) is 10.2 Å². The first kappa shape index (κ1) is 8.97. The highest BCUT2D eigenvalue weighted by Gasteiger charge is 2.56. The van der Waals surface area contributed by atoms with E-state index < -0.39 is 17.6 Å². The molecular formula is C8H16O3. The lowest BCUT2D eigenvalue weighted by atomic mass is 9.94. The molecule has 3 nitrogen and oxygen atoms in total. The number of aliphatic hydroxyl groups excluding tert-OH is 3. The van der Waals surface area contributed by atoms with Crippen molar-refractivity contribution in [1.29, 1.82) is 0 Å². The standard InChI is InChI=1S/C8H16O3/c1-5-3-8(5,4-9)7(11)6(2)10/h5-7,9-11H,3-4H2,1-2H3. The zero-order valence-corrected chi connectivity index (χ0v) is 6.99. The van der Waals surface area contributed by atoms with E-state index in [1.807, 2.05) is 6.92 Å². The van der Waals surface area contributed by atoms with Gasteiger partial charge in [0.25, 0.3) is 0 Å². The van der Waals surface area contributed by atoms with E-state index in [0.717, 1.165) is 6.42 Å². The van der Waals surface area contributed by atoms with Crippen LogP contribution in [0.15, 0.2) is 0 Å². The maximum Gasteiger partial charge on any atom is 0.0876 e. The second kappa shape index (κ2) is 2.73. The van der Waals surface area contributed by atoms with Crippen molar-refractivity contribution in [3.63, 3.8) is 0 Å². The molecule has 3 heteroatoms. The van der Waals surface area contributed by atoms with Crippen molar-refractivity contribution < 1.29 is 15.3 Å². The van der Waals surface area contributed by atoms with Crippen LogP contribution >= 0.6 is 0 Å². The van der Waals surface area contributed by atoms with Crippen molar-refractivity contribution in [3.8, 4) is 0 Å². The minimum atomic E-state index is -0.775. The lowest BCUT2D eigenvalue weighted by Crippen LogP contribution is -2.36. The van der Waals surface area contributed by atoms with E-state index in [9.17, 15) is 5.11 Å². The summed E-state index contributed by atoms with van der Waals surface area (Å²) in [7, 11) is 0. The summed E-state index contributed by atoms with van der Waals surface area (Å²) < 4.78 is 0. The lowest BCUT2D eigenvalue weighted by molar-refractivity contribution is -0.0404. The largest absolute Gasteiger partial charge is 0.396 e. The summed E-state index contributed by atoms with van der Waals surface area (Å²) in [4.78, 5) is 0. The molecule has 1 aliphatic rings. The van der Waals surface area contributed by atoms with E-state index >= 15 is 0 Å². The zero-order valence-electron chi connectivity index (χ0n) is 6.99. The number of aliphatic hydroxyl groups is 3. The van der Waals surface area contributed by atoms with Gasteiger partial charge < -0.3 is 15.3 Å². The first-order chi connectivity index (χ1) is 5.04.